The van der Waals surface area contributed by atoms with Gasteiger partial charge in [0, 0.05) is 11.7 Å². The maximum atomic E-state index is 13.1. The van der Waals surface area contributed by atoms with E-state index in [-0.39, 0.29) is 30.1 Å². The molecule has 3 amide bonds. The molecule has 4 rings (SSSR count). The SMILES string of the molecule is Cc1ccc(C(=[NH2+])C(N)=O)c(NCC(=O)N2[C@@H]3C[C@@H]3C[C@H]2C(=O)Nc2cccc(Br)n2)c1. The van der Waals surface area contributed by atoms with Crippen molar-refractivity contribution < 1.29 is 19.8 Å². The van der Waals surface area contributed by atoms with Crippen LogP contribution in [-0.4, -0.2) is 51.9 Å². The fraction of sp³-hybridized carbons (Fsp3) is 0.318. The molecule has 0 unspecified atom stereocenters. The van der Waals surface area contributed by atoms with E-state index in [1.54, 1.807) is 35.2 Å². The van der Waals surface area contributed by atoms with E-state index in [1.807, 2.05) is 13.0 Å². The molecule has 1 aliphatic carbocycles. The Balaban J connectivity index is 1.46. The van der Waals surface area contributed by atoms with E-state index in [0.29, 0.717) is 34.0 Å². The molecule has 10 heteroatoms. The molecule has 1 aromatic carbocycles. The Hall–Kier alpha value is -3.27. The molecular weight excluding hydrogens is 476 g/mol. The summed E-state index contributed by atoms with van der Waals surface area (Å²) in [5.74, 6) is -0.404. The number of benzene rings is 1. The summed E-state index contributed by atoms with van der Waals surface area (Å²) in [6, 6.07) is 10.1. The van der Waals surface area contributed by atoms with Crippen molar-refractivity contribution in [3.63, 3.8) is 0 Å². The van der Waals surface area contributed by atoms with Crippen LogP contribution in [0, 0.1) is 12.8 Å². The molecule has 166 valence electrons. The van der Waals surface area contributed by atoms with Gasteiger partial charge in [-0.2, -0.15) is 0 Å². The molecule has 0 spiro atoms. The number of rotatable bonds is 7. The fourth-order valence-electron chi connectivity index (χ4n) is 4.17. The van der Waals surface area contributed by atoms with Crippen molar-refractivity contribution in [2.75, 3.05) is 17.2 Å². The summed E-state index contributed by atoms with van der Waals surface area (Å²) in [4.78, 5) is 43.4. The number of aryl methyl sites for hydroxylation is 1. The summed E-state index contributed by atoms with van der Waals surface area (Å²) in [5, 5.41) is 11.7. The number of anilines is 2. The van der Waals surface area contributed by atoms with Gasteiger partial charge in [0.05, 0.1) is 12.1 Å². The normalized spacial score (nSPS) is 20.9. The van der Waals surface area contributed by atoms with Gasteiger partial charge in [0.25, 0.3) is 5.71 Å². The predicted molar refractivity (Wildman–Crippen MR) is 123 cm³/mol. The molecule has 3 atom stereocenters. The molecule has 0 radical (unpaired) electrons. The minimum Gasteiger partial charge on any atom is -0.375 e. The number of likely N-dealkylation sites (tertiary alicyclic amines) is 1. The van der Waals surface area contributed by atoms with Gasteiger partial charge in [0.2, 0.25) is 11.8 Å². The molecule has 2 aromatic rings. The first kappa shape index (κ1) is 21.9. The number of primary amides is 1. The number of amides is 3. The highest BCUT2D eigenvalue weighted by Gasteiger charge is 2.55. The van der Waals surface area contributed by atoms with Crippen molar-refractivity contribution >= 4 is 50.9 Å². The average Bonchev–Trinajstić information content (AvgIpc) is 3.40. The Morgan fingerprint density at radius 3 is 2.75 bits per heavy atom. The molecule has 2 aliphatic rings. The van der Waals surface area contributed by atoms with Crippen LogP contribution in [0.15, 0.2) is 41.0 Å². The highest BCUT2D eigenvalue weighted by Crippen LogP contribution is 2.48. The quantitative estimate of drug-likeness (QED) is 0.318. The number of nitrogens with zero attached hydrogens (tertiary/aromatic N) is 2. The summed E-state index contributed by atoms with van der Waals surface area (Å²) < 4.78 is 0.614. The number of aromatic nitrogens is 1. The lowest BCUT2D eigenvalue weighted by atomic mass is 10.0. The van der Waals surface area contributed by atoms with Crippen molar-refractivity contribution in [1.29, 1.82) is 0 Å². The van der Waals surface area contributed by atoms with Gasteiger partial charge in [-0.3, -0.25) is 14.4 Å². The molecular formula is C22H24BrN6O3+. The number of hydrogen-bond acceptors (Lipinski definition) is 5. The third-order valence-corrected chi connectivity index (χ3v) is 6.26. The van der Waals surface area contributed by atoms with Crippen LogP contribution >= 0.6 is 15.9 Å². The second-order valence-corrected chi connectivity index (χ2v) is 8.94. The number of carbonyl (C=O) groups is 3. The summed E-state index contributed by atoms with van der Waals surface area (Å²) in [6.07, 6.45) is 1.54. The standard InChI is InChI=1S/C22H23BrN6O3/c1-11-5-6-13(20(24)21(25)31)14(7-11)26-10-19(30)29-15-8-12(15)9-16(29)22(32)28-18-4-2-3-17(23)27-18/h2-7,12,15-16,24,26H,8-10H2,1H3,(H2,25,31)(H,27,28,32)/p+1/t12-,15-,16+/m1/s1. The number of carbonyl (C=O) groups excluding carboxylic acids is 3. The summed E-state index contributed by atoms with van der Waals surface area (Å²) >= 11 is 3.29. The largest absolute Gasteiger partial charge is 0.375 e. The Bertz CT molecular complexity index is 1120. The third kappa shape index (κ3) is 4.50. The Morgan fingerprint density at radius 1 is 1.25 bits per heavy atom. The van der Waals surface area contributed by atoms with Gasteiger partial charge < -0.3 is 21.3 Å². The molecule has 2 fully saturated rings. The van der Waals surface area contributed by atoms with Crippen LogP contribution in [-0.2, 0) is 14.4 Å². The van der Waals surface area contributed by atoms with Crippen molar-refractivity contribution in [2.24, 2.45) is 11.7 Å². The first-order valence-corrected chi connectivity index (χ1v) is 11.1. The topological polar surface area (TPSA) is 143 Å². The van der Waals surface area contributed by atoms with Crippen LogP contribution in [0.4, 0.5) is 11.5 Å². The van der Waals surface area contributed by atoms with Crippen LogP contribution in [0.1, 0.15) is 24.0 Å². The molecule has 9 nitrogen and oxygen atoms in total. The average molecular weight is 500 g/mol. The highest BCUT2D eigenvalue weighted by molar-refractivity contribution is 9.10. The number of nitrogens with two attached hydrogens (primary N) is 2. The van der Waals surface area contributed by atoms with Crippen LogP contribution in [0.2, 0.25) is 0 Å². The molecule has 1 saturated carbocycles. The van der Waals surface area contributed by atoms with E-state index in [2.05, 4.69) is 31.5 Å². The van der Waals surface area contributed by atoms with Gasteiger partial charge >= 0.3 is 5.91 Å². The van der Waals surface area contributed by atoms with E-state index < -0.39 is 11.9 Å². The molecule has 1 aliphatic heterocycles. The smallest absolute Gasteiger partial charge is 0.313 e. The fourth-order valence-corrected chi connectivity index (χ4v) is 4.51. The zero-order valence-corrected chi connectivity index (χ0v) is 19.1. The van der Waals surface area contributed by atoms with Crippen LogP contribution in [0.5, 0.6) is 0 Å². The van der Waals surface area contributed by atoms with Gasteiger partial charge in [-0.25, -0.2) is 10.4 Å². The van der Waals surface area contributed by atoms with E-state index in [0.717, 1.165) is 12.0 Å². The summed E-state index contributed by atoms with van der Waals surface area (Å²) in [5.41, 5.74) is 7.16. The van der Waals surface area contributed by atoms with Gasteiger partial charge in [-0.05, 0) is 71.4 Å². The summed E-state index contributed by atoms with van der Waals surface area (Å²) in [7, 11) is 0. The van der Waals surface area contributed by atoms with Gasteiger partial charge in [0.1, 0.15) is 16.5 Å². The van der Waals surface area contributed by atoms with E-state index in [4.69, 9.17) is 11.1 Å². The number of hydrogen-bond donors (Lipinski definition) is 4. The minimum absolute atomic E-state index is 0.0371. The van der Waals surface area contributed by atoms with Crippen LogP contribution < -0.4 is 21.8 Å². The summed E-state index contributed by atoms with van der Waals surface area (Å²) in [6.45, 7) is 1.85. The minimum atomic E-state index is -0.735. The number of halogens is 1. The molecule has 0 bridgehead atoms. The molecule has 1 saturated heterocycles. The van der Waals surface area contributed by atoms with Gasteiger partial charge in [-0.1, -0.05) is 12.1 Å². The second-order valence-electron chi connectivity index (χ2n) is 8.13. The lowest BCUT2D eigenvalue weighted by Crippen LogP contribution is -2.49. The van der Waals surface area contributed by atoms with E-state index in [9.17, 15) is 14.4 Å². The molecule has 1 aromatic heterocycles. The Kier molecular flexibility index (Phi) is 5.96. The third-order valence-electron chi connectivity index (χ3n) is 5.82. The van der Waals surface area contributed by atoms with Crippen LogP contribution in [0.25, 0.3) is 0 Å². The maximum Gasteiger partial charge on any atom is 0.313 e. The zero-order chi connectivity index (χ0) is 23.0. The van der Waals surface area contributed by atoms with E-state index >= 15 is 0 Å². The van der Waals surface area contributed by atoms with Crippen molar-refractivity contribution in [1.82, 2.24) is 9.88 Å². The monoisotopic (exact) mass is 499 g/mol. The lowest BCUT2D eigenvalue weighted by molar-refractivity contribution is -0.136. The first-order chi connectivity index (χ1) is 15.2. The van der Waals surface area contributed by atoms with Crippen LogP contribution in [0.3, 0.4) is 0 Å². The second kappa shape index (κ2) is 8.70. The van der Waals surface area contributed by atoms with Crippen molar-refractivity contribution in [3.05, 3.63) is 52.1 Å². The van der Waals surface area contributed by atoms with E-state index in [1.165, 1.54) is 0 Å². The Labute approximate surface area is 193 Å². The molecule has 32 heavy (non-hydrogen) atoms. The maximum absolute atomic E-state index is 13.1. The number of pyridine rings is 1. The first-order valence-electron chi connectivity index (χ1n) is 10.3. The van der Waals surface area contributed by atoms with Crippen molar-refractivity contribution in [3.8, 4) is 0 Å². The molecule has 2 heterocycles. The van der Waals surface area contributed by atoms with Crippen molar-refractivity contribution in [2.45, 2.75) is 31.8 Å². The predicted octanol–water partition coefficient (Wildman–Crippen LogP) is 0.226. The molecule has 6 N–H and O–H groups in total. The number of nitrogens with one attached hydrogen (secondary N) is 2. The van der Waals surface area contributed by atoms with Gasteiger partial charge in [-0.15, -0.1) is 0 Å². The highest BCUT2D eigenvalue weighted by atomic mass is 79.9. The zero-order valence-electron chi connectivity index (χ0n) is 17.5. The number of fused-ring (bicyclic) bond motifs is 1. The Morgan fingerprint density at radius 2 is 2.03 bits per heavy atom. The van der Waals surface area contributed by atoms with Gasteiger partial charge in [0.15, 0.2) is 0 Å². The number of piperidine rings is 1. The lowest BCUT2D eigenvalue weighted by Gasteiger charge is -2.27.